The molecular formula is C30H54O4. The van der Waals surface area contributed by atoms with Crippen molar-refractivity contribution < 1.29 is 18.9 Å². The van der Waals surface area contributed by atoms with E-state index in [2.05, 4.69) is 46.1 Å². The summed E-state index contributed by atoms with van der Waals surface area (Å²) in [7, 11) is 0. The second-order valence-corrected chi connectivity index (χ2v) is 8.72. The molecule has 3 atom stereocenters. The van der Waals surface area contributed by atoms with Gasteiger partial charge in [-0.3, -0.25) is 0 Å². The third-order valence-electron chi connectivity index (χ3n) is 3.43. The van der Waals surface area contributed by atoms with Crippen molar-refractivity contribution in [3.8, 4) is 0 Å². The van der Waals surface area contributed by atoms with Crippen molar-refractivity contribution in [1.82, 2.24) is 0 Å². The van der Waals surface area contributed by atoms with Crippen molar-refractivity contribution in [1.29, 1.82) is 0 Å². The van der Waals surface area contributed by atoms with Crippen molar-refractivity contribution in [3.63, 3.8) is 0 Å². The molecule has 0 bridgehead atoms. The van der Waals surface area contributed by atoms with Gasteiger partial charge >= 0.3 is 0 Å². The van der Waals surface area contributed by atoms with Crippen LogP contribution in [0.25, 0.3) is 0 Å². The first-order valence-corrected chi connectivity index (χ1v) is 11.6. The normalized spacial score (nSPS) is 12.8. The van der Waals surface area contributed by atoms with Gasteiger partial charge < -0.3 is 18.9 Å². The van der Waals surface area contributed by atoms with Gasteiger partial charge in [0.2, 0.25) is 0 Å². The van der Waals surface area contributed by atoms with Crippen LogP contribution >= 0.6 is 0 Å². The Bertz CT molecular complexity index is 520. The molecule has 4 heteroatoms. The van der Waals surface area contributed by atoms with Crippen LogP contribution in [-0.2, 0) is 18.9 Å². The molecule has 0 aliphatic carbocycles. The van der Waals surface area contributed by atoms with Crippen LogP contribution in [0.2, 0.25) is 0 Å². The predicted molar refractivity (Wildman–Crippen MR) is 153 cm³/mol. The van der Waals surface area contributed by atoms with E-state index in [4.69, 9.17) is 18.9 Å². The molecule has 3 unspecified atom stereocenters. The maximum absolute atomic E-state index is 5.66. The maximum atomic E-state index is 5.66. The fraction of sp³-hybridized carbons (Fsp3) is 0.533. The summed E-state index contributed by atoms with van der Waals surface area (Å²) < 4.78 is 21.0. The quantitative estimate of drug-likeness (QED) is 0.187. The molecule has 0 aromatic carbocycles. The molecule has 0 fully saturated rings. The van der Waals surface area contributed by atoms with Crippen LogP contribution in [0, 0.1) is 0 Å². The summed E-state index contributed by atoms with van der Waals surface area (Å²) in [6, 6.07) is 0. The molecular weight excluding hydrogens is 424 g/mol. The minimum Gasteiger partial charge on any atom is -0.373 e. The molecule has 0 saturated heterocycles. The number of ether oxygens (including phenoxy) is 4. The lowest BCUT2D eigenvalue weighted by Crippen LogP contribution is -2.32. The third-order valence-corrected chi connectivity index (χ3v) is 3.43. The van der Waals surface area contributed by atoms with Crippen LogP contribution in [0.4, 0.5) is 0 Å². The lowest BCUT2D eigenvalue weighted by molar-refractivity contribution is -0.0853. The summed E-state index contributed by atoms with van der Waals surface area (Å²) in [5.41, 5.74) is -0.296. The predicted octanol–water partition coefficient (Wildman–Crippen LogP) is 8.06. The first kappa shape index (κ1) is 39.2. The molecule has 198 valence electrons. The van der Waals surface area contributed by atoms with Crippen molar-refractivity contribution in [2.45, 2.75) is 84.9 Å². The standard InChI is InChI=1S/C9H18O.C8H14O.C7H12O.C6H10O/c1-7-9(5,6)10-8(2,3)4;1-5-7(3)9-8(4)6-2;1-4-6-8-7(3)5-2;1-3-5-7-6-4-2/h7H,1H2,2-6H3;5-8H,1-2H2,3-4H3;4-5,7H,1-2,6H2,3H3;3-4H,1-2,5-6H2. The van der Waals surface area contributed by atoms with Gasteiger partial charge in [-0.05, 0) is 55.4 Å². The number of hydrogen-bond acceptors (Lipinski definition) is 4. The van der Waals surface area contributed by atoms with E-state index < -0.39 is 0 Å². The highest BCUT2D eigenvalue weighted by Crippen LogP contribution is 2.19. The van der Waals surface area contributed by atoms with Crippen LogP contribution in [0.1, 0.15) is 55.4 Å². The van der Waals surface area contributed by atoms with E-state index in [1.807, 2.05) is 61.5 Å². The second-order valence-electron chi connectivity index (χ2n) is 8.72. The van der Waals surface area contributed by atoms with Crippen molar-refractivity contribution in [2.24, 2.45) is 0 Å². The highest BCUT2D eigenvalue weighted by molar-refractivity contribution is 4.91. The zero-order valence-electron chi connectivity index (χ0n) is 23.5. The summed E-state index contributed by atoms with van der Waals surface area (Å²) in [5.74, 6) is 0. The van der Waals surface area contributed by atoms with E-state index >= 15 is 0 Å². The minimum absolute atomic E-state index is 0.0856. The van der Waals surface area contributed by atoms with Crippen LogP contribution in [0.15, 0.2) is 88.6 Å². The van der Waals surface area contributed by atoms with Crippen molar-refractivity contribution >= 4 is 0 Å². The molecule has 34 heavy (non-hydrogen) atoms. The lowest BCUT2D eigenvalue weighted by atomic mass is 10.1. The van der Waals surface area contributed by atoms with Gasteiger partial charge in [-0.1, -0.05) is 42.5 Å². The fourth-order valence-electron chi connectivity index (χ4n) is 1.80. The van der Waals surface area contributed by atoms with Crippen LogP contribution in [0.5, 0.6) is 0 Å². The molecule has 0 aliphatic heterocycles. The molecule has 0 spiro atoms. The molecule has 0 aliphatic rings. The topological polar surface area (TPSA) is 36.9 Å². The summed E-state index contributed by atoms with van der Waals surface area (Å²) in [6.45, 7) is 42.7. The van der Waals surface area contributed by atoms with Gasteiger partial charge in [0.1, 0.15) is 0 Å². The van der Waals surface area contributed by atoms with E-state index in [9.17, 15) is 0 Å². The Labute approximate surface area is 212 Å². The van der Waals surface area contributed by atoms with Crippen molar-refractivity contribution in [2.75, 3.05) is 19.8 Å². The first-order valence-electron chi connectivity index (χ1n) is 11.6. The Kier molecular flexibility index (Phi) is 29.6. The largest absolute Gasteiger partial charge is 0.373 e. The van der Waals surface area contributed by atoms with Gasteiger partial charge in [0.25, 0.3) is 0 Å². The van der Waals surface area contributed by atoms with Crippen LogP contribution in [-0.4, -0.2) is 49.3 Å². The molecule has 0 saturated carbocycles. The monoisotopic (exact) mass is 478 g/mol. The molecule has 0 rings (SSSR count). The minimum atomic E-state index is -0.210. The zero-order chi connectivity index (χ0) is 27.6. The summed E-state index contributed by atoms with van der Waals surface area (Å²) >= 11 is 0. The highest BCUT2D eigenvalue weighted by atomic mass is 16.5. The third kappa shape index (κ3) is 40.4. The van der Waals surface area contributed by atoms with E-state index in [0.717, 1.165) is 0 Å². The zero-order valence-corrected chi connectivity index (χ0v) is 23.5. The number of hydrogen-bond donors (Lipinski definition) is 0. The van der Waals surface area contributed by atoms with Gasteiger partial charge in [-0.2, -0.15) is 0 Å². The molecule has 0 heterocycles. The molecule has 0 amide bonds. The molecule has 4 nitrogen and oxygen atoms in total. The highest BCUT2D eigenvalue weighted by Gasteiger charge is 2.21. The van der Waals surface area contributed by atoms with E-state index in [1.165, 1.54) is 0 Å². The van der Waals surface area contributed by atoms with E-state index in [1.54, 1.807) is 36.5 Å². The van der Waals surface area contributed by atoms with Gasteiger partial charge in [-0.15, -0.1) is 46.1 Å². The summed E-state index contributed by atoms with van der Waals surface area (Å²) in [6.07, 6.45) is 12.6. The summed E-state index contributed by atoms with van der Waals surface area (Å²) in [5, 5.41) is 0. The van der Waals surface area contributed by atoms with Crippen LogP contribution in [0.3, 0.4) is 0 Å². The lowest BCUT2D eigenvalue weighted by Gasteiger charge is -2.31. The first-order chi connectivity index (χ1) is 15.7. The Balaban J connectivity index is -0.000000178. The molecule has 0 aromatic heterocycles. The average Bonchev–Trinajstić information content (AvgIpc) is 2.77. The smallest absolute Gasteiger partial charge is 0.0810 e. The summed E-state index contributed by atoms with van der Waals surface area (Å²) in [4.78, 5) is 0. The molecule has 0 radical (unpaired) electrons. The Morgan fingerprint density at radius 3 is 1.24 bits per heavy atom. The second kappa shape index (κ2) is 25.6. The van der Waals surface area contributed by atoms with Crippen molar-refractivity contribution in [3.05, 3.63) is 88.6 Å². The van der Waals surface area contributed by atoms with Gasteiger partial charge in [-0.25, -0.2) is 0 Å². The van der Waals surface area contributed by atoms with E-state index in [0.29, 0.717) is 19.8 Å². The maximum Gasteiger partial charge on any atom is 0.0810 e. The molecule has 0 aromatic rings. The van der Waals surface area contributed by atoms with E-state index in [-0.39, 0.29) is 29.5 Å². The SMILES string of the molecule is C=CC(C)(C)OC(C)(C)C.C=CC(C)OC(C)C=C.C=CCOC(C)C=C.C=CCOCC=C. The Morgan fingerprint density at radius 2 is 1.00 bits per heavy atom. The van der Waals surface area contributed by atoms with Gasteiger partial charge in [0, 0.05) is 0 Å². The van der Waals surface area contributed by atoms with Gasteiger partial charge in [0.05, 0.1) is 49.3 Å². The average molecular weight is 479 g/mol. The Morgan fingerprint density at radius 1 is 0.618 bits per heavy atom. The fourth-order valence-corrected chi connectivity index (χ4v) is 1.80. The number of rotatable bonds is 14. The van der Waals surface area contributed by atoms with Gasteiger partial charge in [0.15, 0.2) is 0 Å². The Hall–Kier alpha value is -1.98. The molecule has 0 N–H and O–H groups in total. The van der Waals surface area contributed by atoms with Crippen LogP contribution < -0.4 is 0 Å².